The average Bonchev–Trinajstić information content (AvgIpc) is 3.31. The van der Waals surface area contributed by atoms with Gasteiger partial charge in [0.25, 0.3) is 5.22 Å². The second-order valence-corrected chi connectivity index (χ2v) is 9.95. The first-order valence-electron chi connectivity index (χ1n) is 11.7. The van der Waals surface area contributed by atoms with Crippen LogP contribution in [-0.4, -0.2) is 21.7 Å². The van der Waals surface area contributed by atoms with Crippen molar-refractivity contribution < 1.29 is 4.42 Å². The average molecular weight is 470 g/mol. The molecule has 34 heavy (non-hydrogen) atoms. The Morgan fingerprint density at radius 3 is 2.38 bits per heavy atom. The van der Waals surface area contributed by atoms with Gasteiger partial charge in [-0.3, -0.25) is 4.99 Å². The van der Waals surface area contributed by atoms with E-state index < -0.39 is 0 Å². The van der Waals surface area contributed by atoms with Crippen LogP contribution in [0.1, 0.15) is 54.8 Å². The van der Waals surface area contributed by atoms with Gasteiger partial charge in [-0.1, -0.05) is 97.9 Å². The fraction of sp³-hybridized carbons (Fsp3) is 0.276. The lowest BCUT2D eigenvalue weighted by molar-refractivity contribution is 0.404. The summed E-state index contributed by atoms with van der Waals surface area (Å²) in [7, 11) is 0. The molecule has 5 heteroatoms. The number of aromatic nitrogens is 2. The molecule has 0 aliphatic rings. The molecule has 0 saturated carbocycles. The Morgan fingerprint density at radius 2 is 1.68 bits per heavy atom. The molecule has 4 nitrogen and oxygen atoms in total. The number of hydrogen-bond donors (Lipinski definition) is 0. The van der Waals surface area contributed by atoms with Crippen molar-refractivity contribution in [2.45, 2.75) is 45.3 Å². The quantitative estimate of drug-likeness (QED) is 0.187. The van der Waals surface area contributed by atoms with Gasteiger partial charge in [-0.2, -0.15) is 0 Å². The van der Waals surface area contributed by atoms with Crippen molar-refractivity contribution in [3.05, 3.63) is 107 Å². The molecule has 1 aromatic heterocycles. The third kappa shape index (κ3) is 6.45. The molecular weight excluding hydrogens is 438 g/mol. The Hall–Kier alpha value is -3.18. The largest absolute Gasteiger partial charge is 0.415 e. The van der Waals surface area contributed by atoms with Crippen molar-refractivity contribution >= 4 is 23.2 Å². The highest BCUT2D eigenvalue weighted by Gasteiger charge is 2.17. The van der Waals surface area contributed by atoms with Crippen molar-refractivity contribution in [2.75, 3.05) is 5.75 Å². The Kier molecular flexibility index (Phi) is 7.96. The molecule has 3 aromatic carbocycles. The van der Waals surface area contributed by atoms with Gasteiger partial charge in [-0.25, -0.2) is 0 Å². The van der Waals surface area contributed by atoms with E-state index in [1.54, 1.807) is 0 Å². The predicted molar refractivity (Wildman–Crippen MR) is 141 cm³/mol. The van der Waals surface area contributed by atoms with Gasteiger partial charge in [0.1, 0.15) is 0 Å². The Bertz CT molecular complexity index is 1230. The van der Waals surface area contributed by atoms with Crippen molar-refractivity contribution in [3.8, 4) is 0 Å². The van der Waals surface area contributed by atoms with E-state index in [2.05, 4.69) is 86.4 Å². The summed E-state index contributed by atoms with van der Waals surface area (Å²) in [5, 5.41) is 9.20. The highest BCUT2D eigenvalue weighted by molar-refractivity contribution is 7.99. The van der Waals surface area contributed by atoms with Crippen molar-refractivity contribution in [2.24, 2.45) is 10.9 Å². The van der Waals surface area contributed by atoms with Crippen molar-refractivity contribution in [1.29, 1.82) is 0 Å². The van der Waals surface area contributed by atoms with Crippen LogP contribution in [0.4, 0.5) is 5.69 Å². The van der Waals surface area contributed by atoms with Crippen molar-refractivity contribution in [3.63, 3.8) is 0 Å². The summed E-state index contributed by atoms with van der Waals surface area (Å²) in [6.45, 7) is 8.68. The van der Waals surface area contributed by atoms with Crippen LogP contribution in [0.2, 0.25) is 0 Å². The molecule has 1 heterocycles. The molecule has 1 unspecified atom stereocenters. The summed E-state index contributed by atoms with van der Waals surface area (Å²) in [6, 6.07) is 27.2. The maximum Gasteiger partial charge on any atom is 0.276 e. The number of aliphatic imine (C=N–C) groups is 1. The Morgan fingerprint density at radius 1 is 0.912 bits per heavy atom. The van der Waals surface area contributed by atoms with Crippen molar-refractivity contribution in [1.82, 2.24) is 10.2 Å². The third-order valence-corrected chi connectivity index (χ3v) is 6.45. The van der Waals surface area contributed by atoms with Crippen LogP contribution in [0.5, 0.6) is 0 Å². The first kappa shape index (κ1) is 24.0. The molecule has 174 valence electrons. The minimum Gasteiger partial charge on any atom is -0.415 e. The van der Waals surface area contributed by atoms with E-state index in [0.29, 0.717) is 22.8 Å². The van der Waals surface area contributed by atoms with Crippen LogP contribution in [0.3, 0.4) is 0 Å². The number of para-hydroxylation sites is 1. The normalized spacial score (nSPS) is 12.8. The minimum atomic E-state index is 0.0455. The lowest BCUT2D eigenvalue weighted by atomic mass is 9.97. The molecular formula is C29H31N3OS. The SMILES string of the molecule is Cc1cccc(C(CSc2nnc(C(C)c3ccc(CC(C)C)cc3)o2)=Nc2ccccc2)c1. The van der Waals surface area contributed by atoms with E-state index >= 15 is 0 Å². The summed E-state index contributed by atoms with van der Waals surface area (Å²) in [5.74, 6) is 1.97. The number of thioether (sulfide) groups is 1. The minimum absolute atomic E-state index is 0.0455. The maximum atomic E-state index is 6.04. The van der Waals surface area contributed by atoms with Gasteiger partial charge in [-0.05, 0) is 55.0 Å². The van der Waals surface area contributed by atoms with Gasteiger partial charge in [0.2, 0.25) is 5.89 Å². The van der Waals surface area contributed by atoms with Crippen LogP contribution < -0.4 is 0 Å². The van der Waals surface area contributed by atoms with E-state index in [0.717, 1.165) is 23.4 Å². The number of aryl methyl sites for hydroxylation is 1. The molecule has 0 aliphatic heterocycles. The van der Waals surface area contributed by atoms with Gasteiger partial charge < -0.3 is 4.42 Å². The zero-order valence-electron chi connectivity index (χ0n) is 20.2. The molecule has 0 radical (unpaired) electrons. The van der Waals surface area contributed by atoms with Crippen LogP contribution >= 0.6 is 11.8 Å². The second kappa shape index (κ2) is 11.3. The molecule has 0 saturated heterocycles. The molecule has 0 N–H and O–H groups in total. The number of hydrogen-bond acceptors (Lipinski definition) is 5. The first-order chi connectivity index (χ1) is 16.5. The smallest absolute Gasteiger partial charge is 0.276 e. The summed E-state index contributed by atoms with van der Waals surface area (Å²) in [5.41, 5.74) is 6.75. The lowest BCUT2D eigenvalue weighted by Gasteiger charge is -2.10. The predicted octanol–water partition coefficient (Wildman–Crippen LogP) is 7.64. The van der Waals surface area contributed by atoms with E-state index in [1.165, 1.54) is 28.5 Å². The van der Waals surface area contributed by atoms with Crippen LogP contribution in [0, 0.1) is 12.8 Å². The summed E-state index contributed by atoms with van der Waals surface area (Å²) >= 11 is 1.52. The van der Waals surface area contributed by atoms with Gasteiger partial charge in [0.05, 0.1) is 17.3 Å². The van der Waals surface area contributed by atoms with Crippen LogP contribution in [0.25, 0.3) is 0 Å². The number of rotatable bonds is 9. The fourth-order valence-electron chi connectivity index (χ4n) is 3.80. The second-order valence-electron chi connectivity index (χ2n) is 9.02. The maximum absolute atomic E-state index is 6.04. The van der Waals surface area contributed by atoms with E-state index in [9.17, 15) is 0 Å². The zero-order valence-corrected chi connectivity index (χ0v) is 21.0. The monoisotopic (exact) mass is 469 g/mol. The number of benzene rings is 3. The van der Waals surface area contributed by atoms with E-state index in [1.807, 2.05) is 30.3 Å². The Balaban J connectivity index is 1.48. The van der Waals surface area contributed by atoms with E-state index in [4.69, 9.17) is 9.41 Å². The molecule has 4 rings (SSSR count). The highest BCUT2D eigenvalue weighted by atomic mass is 32.2. The zero-order chi connectivity index (χ0) is 23.9. The fourth-order valence-corrected chi connectivity index (χ4v) is 4.54. The summed E-state index contributed by atoms with van der Waals surface area (Å²) in [6.07, 6.45) is 1.09. The molecule has 0 fully saturated rings. The summed E-state index contributed by atoms with van der Waals surface area (Å²) < 4.78 is 6.04. The molecule has 0 spiro atoms. The molecule has 0 aliphatic carbocycles. The topological polar surface area (TPSA) is 51.3 Å². The van der Waals surface area contributed by atoms with Gasteiger partial charge in [0.15, 0.2) is 0 Å². The van der Waals surface area contributed by atoms with E-state index in [-0.39, 0.29) is 5.92 Å². The third-order valence-electron chi connectivity index (χ3n) is 5.62. The first-order valence-corrected chi connectivity index (χ1v) is 12.7. The molecule has 0 bridgehead atoms. The standard InChI is InChI=1S/C29H31N3OS/c1-20(2)17-23-13-15-24(16-14-23)22(4)28-31-32-29(33-28)34-19-27(25-10-8-9-21(3)18-25)30-26-11-6-5-7-12-26/h5-16,18,20,22H,17,19H2,1-4H3. The molecule has 1 atom stereocenters. The molecule has 0 amide bonds. The van der Waals surface area contributed by atoms with Gasteiger partial charge >= 0.3 is 0 Å². The summed E-state index contributed by atoms with van der Waals surface area (Å²) in [4.78, 5) is 4.91. The molecule has 4 aromatic rings. The Labute approximate surface area is 206 Å². The highest BCUT2D eigenvalue weighted by Crippen LogP contribution is 2.27. The van der Waals surface area contributed by atoms with Gasteiger partial charge in [0, 0.05) is 5.75 Å². The van der Waals surface area contributed by atoms with Gasteiger partial charge in [-0.15, -0.1) is 10.2 Å². The van der Waals surface area contributed by atoms with Crippen LogP contribution in [0.15, 0.2) is 93.5 Å². The number of nitrogens with zero attached hydrogens (tertiary/aromatic N) is 3. The van der Waals surface area contributed by atoms with Crippen LogP contribution in [-0.2, 0) is 6.42 Å². The lowest BCUT2D eigenvalue weighted by Crippen LogP contribution is -2.04.